The van der Waals surface area contributed by atoms with Crippen molar-refractivity contribution in [2.75, 3.05) is 0 Å². The van der Waals surface area contributed by atoms with Gasteiger partial charge in [0.25, 0.3) is 0 Å². The minimum absolute atomic E-state index is 0.0379. The van der Waals surface area contributed by atoms with Gasteiger partial charge in [-0.25, -0.2) is 4.79 Å². The van der Waals surface area contributed by atoms with Crippen LogP contribution in [0.15, 0.2) is 30.6 Å². The lowest BCUT2D eigenvalue weighted by Crippen LogP contribution is -2.32. The van der Waals surface area contributed by atoms with Crippen molar-refractivity contribution < 1.29 is 49.4 Å². The lowest BCUT2D eigenvalue weighted by molar-refractivity contribution is -0.149. The van der Waals surface area contributed by atoms with Crippen LogP contribution >= 0.6 is 0 Å². The van der Waals surface area contributed by atoms with Crippen LogP contribution in [0.5, 0.6) is 11.5 Å². The number of aliphatic carboxylic acids is 2. The average molecular weight is 517 g/mol. The van der Waals surface area contributed by atoms with Crippen molar-refractivity contribution in [2.24, 2.45) is 5.73 Å². The van der Waals surface area contributed by atoms with Crippen LogP contribution in [0.4, 0.5) is 0 Å². The number of aryl methyl sites for hydroxylation is 1. The molecule has 0 saturated heterocycles. The first-order valence-corrected chi connectivity index (χ1v) is 10.9. The van der Waals surface area contributed by atoms with E-state index in [4.69, 9.17) is 30.9 Å². The average Bonchev–Trinajstić information content (AvgIpc) is 3.26. The van der Waals surface area contributed by atoms with E-state index in [1.54, 1.807) is 25.3 Å². The van der Waals surface area contributed by atoms with Gasteiger partial charge in [0, 0.05) is 47.3 Å². The fourth-order valence-electron chi connectivity index (χ4n) is 3.22. The van der Waals surface area contributed by atoms with Gasteiger partial charge in [0.05, 0.1) is 25.3 Å². The Kier molecular flexibility index (Phi) is 10.2. The van der Waals surface area contributed by atoms with E-state index in [-0.39, 0.29) is 37.6 Å². The predicted molar refractivity (Wildman–Crippen MR) is 128 cm³/mol. The second kappa shape index (κ2) is 13.1. The fraction of sp³-hybridized carbons (Fsp3) is 0.292. The third kappa shape index (κ3) is 7.83. The van der Waals surface area contributed by atoms with E-state index in [1.807, 2.05) is 0 Å². The van der Waals surface area contributed by atoms with Crippen molar-refractivity contribution in [3.8, 4) is 11.5 Å². The van der Waals surface area contributed by atoms with Gasteiger partial charge < -0.3 is 41.0 Å². The van der Waals surface area contributed by atoms with Crippen LogP contribution in [0.2, 0.25) is 0 Å². The number of pyridine rings is 1. The molecule has 198 valence electrons. The van der Waals surface area contributed by atoms with Gasteiger partial charge in [-0.1, -0.05) is 0 Å². The zero-order chi connectivity index (χ0) is 27.7. The third-order valence-corrected chi connectivity index (χ3v) is 5.28. The Morgan fingerprint density at radius 2 is 1.78 bits per heavy atom. The van der Waals surface area contributed by atoms with E-state index >= 15 is 0 Å². The number of ketones is 1. The summed E-state index contributed by atoms with van der Waals surface area (Å²) in [5.41, 5.74) is 8.17. The molecule has 8 N–H and O–H groups in total. The van der Waals surface area contributed by atoms with Gasteiger partial charge in [0.1, 0.15) is 17.5 Å². The molecule has 13 nitrogen and oxygen atoms in total. The standard InChI is InChI=1S/C16H16N2O7.C8H11NO3/c17-11(15(21)22)5-8-7-18-12-2-1-9(6-10(8)12)25-14(20)4-3-13(19)16(23)24;1-5-8(12)7(4-11)6(3-10)2-9-5/h1-2,6-7,11,18H,3-5,17H2,(H,21,22)(H,23,24);2,10-12H,3-4H2,1H3. The molecule has 3 rings (SSSR count). The molecule has 0 aliphatic heterocycles. The molecule has 0 saturated carbocycles. The summed E-state index contributed by atoms with van der Waals surface area (Å²) in [6.45, 7) is 1.12. The van der Waals surface area contributed by atoms with Crippen molar-refractivity contribution in [1.29, 1.82) is 0 Å². The number of nitrogens with one attached hydrogen (secondary N) is 1. The molecule has 2 heterocycles. The smallest absolute Gasteiger partial charge is 0.372 e. The molecule has 13 heteroatoms. The molecule has 0 amide bonds. The highest BCUT2D eigenvalue weighted by atomic mass is 16.5. The number of rotatable bonds is 10. The number of aliphatic hydroxyl groups excluding tert-OH is 2. The fourth-order valence-corrected chi connectivity index (χ4v) is 3.22. The van der Waals surface area contributed by atoms with Crippen LogP contribution in [0.3, 0.4) is 0 Å². The Bertz CT molecular complexity index is 1300. The summed E-state index contributed by atoms with van der Waals surface area (Å²) in [6.07, 6.45) is 2.37. The van der Waals surface area contributed by atoms with Crippen molar-refractivity contribution in [3.05, 3.63) is 53.0 Å². The number of nitrogens with two attached hydrogens (primary N) is 1. The zero-order valence-corrected chi connectivity index (χ0v) is 19.8. The van der Waals surface area contributed by atoms with Crippen LogP contribution in [0.1, 0.15) is 35.2 Å². The lowest BCUT2D eigenvalue weighted by atomic mass is 10.1. The second-order valence-corrected chi connectivity index (χ2v) is 7.88. The van der Waals surface area contributed by atoms with Crippen LogP contribution in [0, 0.1) is 6.92 Å². The summed E-state index contributed by atoms with van der Waals surface area (Å²) < 4.78 is 5.08. The summed E-state index contributed by atoms with van der Waals surface area (Å²) in [5.74, 6) is -4.37. The molecule has 0 aliphatic carbocycles. The SMILES string of the molecule is Cc1ncc(CO)c(CO)c1O.NC(Cc1c[nH]c2ccc(OC(=O)CCC(=O)C(=O)O)cc12)C(=O)O. The highest BCUT2D eigenvalue weighted by Crippen LogP contribution is 2.25. The number of hydrogen-bond acceptors (Lipinski definition) is 10. The van der Waals surface area contributed by atoms with Gasteiger partial charge in [0.2, 0.25) is 5.78 Å². The van der Waals surface area contributed by atoms with Crippen molar-refractivity contribution in [3.63, 3.8) is 0 Å². The van der Waals surface area contributed by atoms with Gasteiger partial charge in [-0.05, 0) is 30.7 Å². The summed E-state index contributed by atoms with van der Waals surface area (Å²) in [4.78, 5) is 50.7. The number of aliphatic hydroxyl groups is 2. The largest absolute Gasteiger partial charge is 0.506 e. The van der Waals surface area contributed by atoms with Gasteiger partial charge in [-0.2, -0.15) is 0 Å². The van der Waals surface area contributed by atoms with Crippen molar-refractivity contribution >= 4 is 34.6 Å². The first kappa shape index (κ1) is 28.9. The quantitative estimate of drug-likeness (QED) is 0.111. The highest BCUT2D eigenvalue weighted by Gasteiger charge is 2.17. The molecular weight excluding hydrogens is 490 g/mol. The van der Waals surface area contributed by atoms with Crippen LogP contribution < -0.4 is 10.5 Å². The zero-order valence-electron chi connectivity index (χ0n) is 19.8. The van der Waals surface area contributed by atoms with Gasteiger partial charge in [-0.15, -0.1) is 0 Å². The number of carbonyl (C=O) groups is 4. The number of H-pyrrole nitrogens is 1. The number of carboxylic acid groups (broad SMARTS) is 2. The number of Topliss-reactive ketones (excluding diaryl/α,β-unsaturated/α-hetero) is 1. The molecule has 1 atom stereocenters. The number of carbonyl (C=O) groups excluding carboxylic acids is 2. The molecule has 1 aromatic carbocycles. The Morgan fingerprint density at radius 3 is 2.38 bits per heavy atom. The first-order valence-electron chi connectivity index (χ1n) is 10.9. The minimum Gasteiger partial charge on any atom is -0.506 e. The normalized spacial score (nSPS) is 11.4. The molecule has 3 aromatic rings. The summed E-state index contributed by atoms with van der Waals surface area (Å²) in [7, 11) is 0. The van der Waals surface area contributed by atoms with Gasteiger partial charge >= 0.3 is 17.9 Å². The van der Waals surface area contributed by atoms with Gasteiger partial charge in [-0.3, -0.25) is 19.4 Å². The first-order chi connectivity index (χ1) is 17.5. The number of aromatic amines is 1. The summed E-state index contributed by atoms with van der Waals surface area (Å²) in [6, 6.07) is 3.66. The van der Waals surface area contributed by atoms with Crippen LogP contribution in [0.25, 0.3) is 10.9 Å². The predicted octanol–water partition coefficient (Wildman–Crippen LogP) is 0.542. The number of carboxylic acids is 2. The molecule has 0 aliphatic rings. The lowest BCUT2D eigenvalue weighted by Gasteiger charge is -2.07. The maximum Gasteiger partial charge on any atom is 0.372 e. The Morgan fingerprint density at radius 1 is 1.08 bits per heavy atom. The van der Waals surface area contributed by atoms with E-state index in [0.717, 1.165) is 0 Å². The molecule has 0 spiro atoms. The second-order valence-electron chi connectivity index (χ2n) is 7.88. The highest BCUT2D eigenvalue weighted by molar-refractivity contribution is 6.32. The number of hydrogen-bond donors (Lipinski definition) is 7. The van der Waals surface area contributed by atoms with Crippen LogP contribution in [-0.2, 0) is 38.8 Å². The van der Waals surface area contributed by atoms with Gasteiger partial charge in [0.15, 0.2) is 0 Å². The molecule has 2 aromatic heterocycles. The molecule has 37 heavy (non-hydrogen) atoms. The van der Waals surface area contributed by atoms with E-state index in [2.05, 4.69) is 9.97 Å². The van der Waals surface area contributed by atoms with E-state index in [0.29, 0.717) is 33.3 Å². The van der Waals surface area contributed by atoms with E-state index in [1.165, 1.54) is 12.3 Å². The number of aromatic hydroxyl groups is 1. The Balaban J connectivity index is 0.000000335. The minimum atomic E-state index is -1.60. The van der Waals surface area contributed by atoms with E-state index < -0.39 is 36.2 Å². The summed E-state index contributed by atoms with van der Waals surface area (Å²) in [5, 5.41) is 45.0. The number of benzene rings is 1. The monoisotopic (exact) mass is 517 g/mol. The Labute approximate surface area is 210 Å². The Hall–Kier alpha value is -4.33. The molecule has 1 unspecified atom stereocenters. The van der Waals surface area contributed by atoms with Crippen molar-refractivity contribution in [1.82, 2.24) is 9.97 Å². The maximum atomic E-state index is 11.7. The van der Waals surface area contributed by atoms with Crippen molar-refractivity contribution in [2.45, 2.75) is 45.4 Å². The topological polar surface area (TPSA) is 233 Å². The molecule has 0 fully saturated rings. The summed E-state index contributed by atoms with van der Waals surface area (Å²) >= 11 is 0. The molecule has 0 bridgehead atoms. The number of fused-ring (bicyclic) bond motifs is 1. The number of nitrogens with zero attached hydrogens (tertiary/aromatic N) is 1. The maximum absolute atomic E-state index is 11.7. The number of esters is 1. The third-order valence-electron chi connectivity index (χ3n) is 5.28. The number of aromatic nitrogens is 2. The molecular formula is C24H27N3O10. The number of ether oxygens (including phenoxy) is 1. The molecule has 0 radical (unpaired) electrons. The van der Waals surface area contributed by atoms with Crippen LogP contribution in [-0.4, -0.2) is 65.2 Å². The van der Waals surface area contributed by atoms with E-state index in [9.17, 15) is 24.3 Å².